The molecule has 0 saturated carbocycles. The lowest BCUT2D eigenvalue weighted by atomic mass is 10.1. The van der Waals surface area contributed by atoms with Gasteiger partial charge < -0.3 is 4.90 Å². The number of para-hydroxylation sites is 1. The molecule has 3 aromatic rings. The van der Waals surface area contributed by atoms with Crippen LogP contribution in [0.2, 0.25) is 0 Å². The summed E-state index contributed by atoms with van der Waals surface area (Å²) in [7, 11) is 0. The van der Waals surface area contributed by atoms with E-state index in [9.17, 15) is 5.26 Å². The maximum absolute atomic E-state index is 9.76. The number of pyridine rings is 1. The third-order valence-corrected chi connectivity index (χ3v) is 5.09. The van der Waals surface area contributed by atoms with E-state index in [1.807, 2.05) is 54.1 Å². The molecule has 1 aromatic carbocycles. The van der Waals surface area contributed by atoms with Crippen molar-refractivity contribution >= 4 is 17.5 Å². The van der Waals surface area contributed by atoms with Crippen molar-refractivity contribution < 1.29 is 0 Å². The number of aryl methyl sites for hydroxylation is 1. The van der Waals surface area contributed by atoms with Gasteiger partial charge in [-0.1, -0.05) is 24.3 Å². The Morgan fingerprint density at radius 2 is 1.79 bits per heavy atom. The Morgan fingerprint density at radius 3 is 2.46 bits per heavy atom. The van der Waals surface area contributed by atoms with Gasteiger partial charge in [0, 0.05) is 24.8 Å². The van der Waals surface area contributed by atoms with E-state index in [-0.39, 0.29) is 0 Å². The molecule has 0 bridgehead atoms. The second kappa shape index (κ2) is 8.10. The van der Waals surface area contributed by atoms with Crippen molar-refractivity contribution in [2.24, 2.45) is 0 Å². The minimum atomic E-state index is 0.551. The first kappa shape index (κ1) is 18.0. The Labute approximate surface area is 165 Å². The van der Waals surface area contributed by atoms with Crippen LogP contribution < -0.4 is 4.90 Å². The van der Waals surface area contributed by atoms with Crippen LogP contribution in [0.4, 0.5) is 5.82 Å². The summed E-state index contributed by atoms with van der Waals surface area (Å²) in [6.07, 6.45) is 7.26. The van der Waals surface area contributed by atoms with Gasteiger partial charge in [0.05, 0.1) is 22.6 Å². The third kappa shape index (κ3) is 3.54. The lowest BCUT2D eigenvalue weighted by Gasteiger charge is -2.30. The van der Waals surface area contributed by atoms with Gasteiger partial charge in [0.2, 0.25) is 0 Å². The second-order valence-electron chi connectivity index (χ2n) is 7.00. The molecule has 5 nitrogen and oxygen atoms in total. The van der Waals surface area contributed by atoms with Gasteiger partial charge in [0.15, 0.2) is 0 Å². The van der Waals surface area contributed by atoms with Crippen molar-refractivity contribution in [1.82, 2.24) is 14.8 Å². The fraction of sp³-hybridized carbons (Fsp3) is 0.261. The maximum atomic E-state index is 9.76. The SMILES string of the molecule is Cc1nn(-c2ccccc2)c(N2CCCCC2)c1/C=C(/C#N)c1ccccn1. The summed E-state index contributed by atoms with van der Waals surface area (Å²) in [4.78, 5) is 6.75. The molecule has 0 unspecified atom stereocenters. The first-order chi connectivity index (χ1) is 13.8. The molecule has 0 atom stereocenters. The quantitative estimate of drug-likeness (QED) is 0.629. The Kier molecular flexibility index (Phi) is 5.20. The zero-order valence-corrected chi connectivity index (χ0v) is 16.0. The lowest BCUT2D eigenvalue weighted by molar-refractivity contribution is 0.567. The van der Waals surface area contributed by atoms with E-state index in [0.717, 1.165) is 35.9 Å². The van der Waals surface area contributed by atoms with Crippen molar-refractivity contribution in [3.63, 3.8) is 0 Å². The number of allylic oxidation sites excluding steroid dienone is 1. The highest BCUT2D eigenvalue weighted by Gasteiger charge is 2.23. The fourth-order valence-electron chi connectivity index (χ4n) is 3.69. The van der Waals surface area contributed by atoms with Gasteiger partial charge in [-0.05, 0) is 56.5 Å². The van der Waals surface area contributed by atoms with Crippen molar-refractivity contribution in [2.45, 2.75) is 26.2 Å². The number of aromatic nitrogens is 3. The van der Waals surface area contributed by atoms with Crippen LogP contribution in [0, 0.1) is 18.3 Å². The van der Waals surface area contributed by atoms with E-state index in [4.69, 9.17) is 5.10 Å². The molecule has 0 radical (unpaired) electrons. The molecule has 1 aliphatic heterocycles. The summed E-state index contributed by atoms with van der Waals surface area (Å²) >= 11 is 0. The summed E-state index contributed by atoms with van der Waals surface area (Å²) in [5, 5.41) is 14.6. The van der Waals surface area contributed by atoms with Crippen LogP contribution >= 0.6 is 0 Å². The van der Waals surface area contributed by atoms with Crippen LogP contribution in [0.5, 0.6) is 0 Å². The molecule has 140 valence electrons. The molecule has 0 amide bonds. The largest absolute Gasteiger partial charge is 0.356 e. The number of hydrogen-bond acceptors (Lipinski definition) is 4. The summed E-state index contributed by atoms with van der Waals surface area (Å²) in [5.74, 6) is 1.06. The molecule has 4 rings (SSSR count). The van der Waals surface area contributed by atoms with Gasteiger partial charge in [-0.2, -0.15) is 10.4 Å². The van der Waals surface area contributed by atoms with Gasteiger partial charge in [-0.25, -0.2) is 4.68 Å². The van der Waals surface area contributed by atoms with E-state index >= 15 is 0 Å². The summed E-state index contributed by atoms with van der Waals surface area (Å²) in [6, 6.07) is 18.1. The van der Waals surface area contributed by atoms with Crippen molar-refractivity contribution in [3.8, 4) is 11.8 Å². The molecule has 1 aliphatic rings. The van der Waals surface area contributed by atoms with Gasteiger partial charge in [-0.15, -0.1) is 0 Å². The van der Waals surface area contributed by atoms with Gasteiger partial charge >= 0.3 is 0 Å². The predicted molar refractivity (Wildman–Crippen MR) is 112 cm³/mol. The normalized spacial score (nSPS) is 14.7. The average molecular weight is 369 g/mol. The molecule has 1 saturated heterocycles. The van der Waals surface area contributed by atoms with Crippen molar-refractivity contribution in [1.29, 1.82) is 5.26 Å². The van der Waals surface area contributed by atoms with E-state index in [0.29, 0.717) is 11.3 Å². The second-order valence-corrected chi connectivity index (χ2v) is 7.00. The Balaban J connectivity index is 1.88. The van der Waals surface area contributed by atoms with Gasteiger partial charge in [0.1, 0.15) is 11.9 Å². The topological polar surface area (TPSA) is 57.7 Å². The minimum Gasteiger partial charge on any atom is -0.356 e. The fourth-order valence-corrected chi connectivity index (χ4v) is 3.69. The average Bonchev–Trinajstić information content (AvgIpc) is 3.10. The monoisotopic (exact) mass is 369 g/mol. The first-order valence-electron chi connectivity index (χ1n) is 9.71. The molecular formula is C23H23N5. The van der Waals surface area contributed by atoms with Crippen molar-refractivity contribution in [2.75, 3.05) is 18.0 Å². The standard InChI is InChI=1S/C23H23N5/c1-18-21(16-19(17-24)22-12-6-7-13-25-22)23(27-14-8-3-9-15-27)28(26-18)20-10-4-2-5-11-20/h2,4-7,10-13,16H,3,8-9,14-15H2,1H3/b19-16-. The highest BCUT2D eigenvalue weighted by molar-refractivity contribution is 5.91. The summed E-state index contributed by atoms with van der Waals surface area (Å²) < 4.78 is 2.01. The highest BCUT2D eigenvalue weighted by atomic mass is 15.4. The number of anilines is 1. The molecule has 0 N–H and O–H groups in total. The first-order valence-corrected chi connectivity index (χ1v) is 9.71. The third-order valence-electron chi connectivity index (χ3n) is 5.09. The smallest absolute Gasteiger partial charge is 0.140 e. The van der Waals surface area contributed by atoms with Crippen LogP contribution in [0.15, 0.2) is 54.7 Å². The van der Waals surface area contributed by atoms with E-state index in [1.54, 1.807) is 6.20 Å². The molecule has 3 heterocycles. The molecule has 2 aromatic heterocycles. The Hall–Kier alpha value is -3.39. The molecule has 28 heavy (non-hydrogen) atoms. The molecular weight excluding hydrogens is 346 g/mol. The van der Waals surface area contributed by atoms with Gasteiger partial charge in [0.25, 0.3) is 0 Å². The van der Waals surface area contributed by atoms with Crippen molar-refractivity contribution in [3.05, 3.63) is 71.7 Å². The number of hydrogen-bond donors (Lipinski definition) is 0. The zero-order chi connectivity index (χ0) is 19.3. The number of nitrogens with zero attached hydrogens (tertiary/aromatic N) is 5. The maximum Gasteiger partial charge on any atom is 0.140 e. The van der Waals surface area contributed by atoms with Crippen LogP contribution in [-0.4, -0.2) is 27.9 Å². The van der Waals surface area contributed by atoms with Crippen LogP contribution in [0.25, 0.3) is 17.3 Å². The molecule has 0 spiro atoms. The highest BCUT2D eigenvalue weighted by Crippen LogP contribution is 2.32. The Morgan fingerprint density at radius 1 is 1.04 bits per heavy atom. The molecule has 1 fully saturated rings. The lowest BCUT2D eigenvalue weighted by Crippen LogP contribution is -2.31. The van der Waals surface area contributed by atoms with E-state index < -0.39 is 0 Å². The minimum absolute atomic E-state index is 0.551. The predicted octanol–water partition coefficient (Wildman–Crippen LogP) is 4.63. The number of rotatable bonds is 4. The van der Waals surface area contributed by atoms with Crippen LogP contribution in [0.1, 0.15) is 36.2 Å². The molecule has 5 heteroatoms. The van der Waals surface area contributed by atoms with Crippen LogP contribution in [-0.2, 0) is 0 Å². The van der Waals surface area contributed by atoms with Gasteiger partial charge in [-0.3, -0.25) is 4.98 Å². The molecule has 0 aliphatic carbocycles. The summed E-state index contributed by atoms with van der Waals surface area (Å²) in [6.45, 7) is 4.01. The number of piperidine rings is 1. The van der Waals surface area contributed by atoms with E-state index in [2.05, 4.69) is 28.1 Å². The number of nitriles is 1. The Bertz CT molecular complexity index is 1010. The zero-order valence-electron chi connectivity index (χ0n) is 16.0. The van der Waals surface area contributed by atoms with E-state index in [1.165, 1.54) is 19.3 Å². The number of benzene rings is 1. The van der Waals surface area contributed by atoms with Crippen LogP contribution in [0.3, 0.4) is 0 Å². The summed E-state index contributed by atoms with van der Waals surface area (Å²) in [5.41, 5.74) is 4.17.